The second kappa shape index (κ2) is 4.09. The van der Waals surface area contributed by atoms with E-state index in [-0.39, 0.29) is 0 Å². The first-order valence-corrected chi connectivity index (χ1v) is 3.80. The molecule has 1 aromatic rings. The van der Waals surface area contributed by atoms with E-state index in [1.807, 2.05) is 24.5 Å². The average Bonchev–Trinajstić information content (AvgIpc) is 2.03. The third-order valence-electron chi connectivity index (χ3n) is 1.36. The van der Waals surface area contributed by atoms with Crippen LogP contribution in [-0.4, -0.2) is 11.5 Å². The molecule has 2 N–H and O–H groups in total. The smallest absolute Gasteiger partial charge is 0.113 e. The predicted octanol–water partition coefficient (Wildman–Crippen LogP) is 2.29. The summed E-state index contributed by atoms with van der Waals surface area (Å²) in [5.74, 6) is 0. The van der Waals surface area contributed by atoms with Crippen LogP contribution in [0, 0.1) is 6.92 Å². The van der Waals surface area contributed by atoms with Gasteiger partial charge in [-0.15, -0.1) is 0 Å². The van der Waals surface area contributed by atoms with Crippen molar-refractivity contribution in [3.63, 3.8) is 0 Å². The van der Waals surface area contributed by atoms with Crippen molar-refractivity contribution in [2.24, 2.45) is 4.99 Å². The van der Waals surface area contributed by atoms with Crippen molar-refractivity contribution < 1.29 is 5.21 Å². The SMILES string of the molecule is Cc1ccc(N=CNO)c(Cl)c1. The number of hydrogen-bond acceptors (Lipinski definition) is 2. The van der Waals surface area contributed by atoms with Crippen molar-refractivity contribution in [3.8, 4) is 0 Å². The third kappa shape index (κ3) is 2.22. The van der Waals surface area contributed by atoms with Gasteiger partial charge in [-0.3, -0.25) is 10.7 Å². The number of aliphatic imine (C=N–C) groups is 1. The summed E-state index contributed by atoms with van der Waals surface area (Å²) < 4.78 is 0. The molecule has 1 aromatic carbocycles. The molecule has 64 valence electrons. The molecule has 0 aliphatic rings. The monoisotopic (exact) mass is 184 g/mol. The van der Waals surface area contributed by atoms with Gasteiger partial charge in [0.05, 0.1) is 10.7 Å². The Kier molecular flexibility index (Phi) is 3.08. The lowest BCUT2D eigenvalue weighted by atomic mass is 10.2. The van der Waals surface area contributed by atoms with Gasteiger partial charge in [-0.05, 0) is 24.6 Å². The van der Waals surface area contributed by atoms with Crippen LogP contribution in [0.25, 0.3) is 0 Å². The fraction of sp³-hybridized carbons (Fsp3) is 0.125. The van der Waals surface area contributed by atoms with Gasteiger partial charge in [-0.2, -0.15) is 0 Å². The summed E-state index contributed by atoms with van der Waals surface area (Å²) in [6, 6.07) is 5.49. The molecule has 0 fully saturated rings. The number of halogens is 1. The quantitative estimate of drug-likeness (QED) is 0.421. The molecule has 0 saturated carbocycles. The van der Waals surface area contributed by atoms with Gasteiger partial charge in [0.15, 0.2) is 0 Å². The Morgan fingerprint density at radius 3 is 2.92 bits per heavy atom. The fourth-order valence-corrected chi connectivity index (χ4v) is 1.10. The maximum absolute atomic E-state index is 8.23. The normalized spacial score (nSPS) is 10.6. The van der Waals surface area contributed by atoms with Gasteiger partial charge in [-0.1, -0.05) is 17.7 Å². The molecular formula is C8H9ClN2O. The summed E-state index contributed by atoms with van der Waals surface area (Å²) in [5, 5.41) is 8.80. The van der Waals surface area contributed by atoms with Crippen LogP contribution in [0.4, 0.5) is 5.69 Å². The minimum atomic E-state index is 0.571. The lowest BCUT2D eigenvalue weighted by Crippen LogP contribution is -2.00. The van der Waals surface area contributed by atoms with Gasteiger partial charge in [0.1, 0.15) is 6.34 Å². The fourth-order valence-electron chi connectivity index (χ4n) is 0.815. The molecule has 0 saturated heterocycles. The number of hydroxylamine groups is 1. The molecule has 0 amide bonds. The summed E-state index contributed by atoms with van der Waals surface area (Å²) in [6.07, 6.45) is 1.16. The minimum absolute atomic E-state index is 0.571. The van der Waals surface area contributed by atoms with Crippen LogP contribution in [-0.2, 0) is 0 Å². The Morgan fingerprint density at radius 2 is 2.33 bits per heavy atom. The zero-order valence-corrected chi connectivity index (χ0v) is 7.34. The van der Waals surface area contributed by atoms with Gasteiger partial charge < -0.3 is 0 Å². The molecule has 0 radical (unpaired) electrons. The number of nitrogens with zero attached hydrogens (tertiary/aromatic N) is 1. The first-order chi connectivity index (χ1) is 5.74. The Labute approximate surface area is 75.7 Å². The highest BCUT2D eigenvalue weighted by Crippen LogP contribution is 2.24. The van der Waals surface area contributed by atoms with Crippen LogP contribution in [0.3, 0.4) is 0 Å². The molecule has 0 unspecified atom stereocenters. The first-order valence-electron chi connectivity index (χ1n) is 3.42. The predicted molar refractivity (Wildman–Crippen MR) is 49.3 cm³/mol. The summed E-state index contributed by atoms with van der Waals surface area (Å²) in [7, 11) is 0. The third-order valence-corrected chi connectivity index (χ3v) is 1.67. The van der Waals surface area contributed by atoms with Crippen molar-refractivity contribution in [2.75, 3.05) is 0 Å². The zero-order valence-electron chi connectivity index (χ0n) is 6.58. The lowest BCUT2D eigenvalue weighted by Gasteiger charge is -1.98. The van der Waals surface area contributed by atoms with E-state index in [2.05, 4.69) is 4.99 Å². The van der Waals surface area contributed by atoms with E-state index < -0.39 is 0 Å². The lowest BCUT2D eigenvalue weighted by molar-refractivity contribution is 0.240. The maximum Gasteiger partial charge on any atom is 0.113 e. The van der Waals surface area contributed by atoms with E-state index in [1.54, 1.807) is 6.07 Å². The van der Waals surface area contributed by atoms with Crippen LogP contribution in [0.15, 0.2) is 23.2 Å². The molecule has 0 aliphatic heterocycles. The van der Waals surface area contributed by atoms with E-state index in [1.165, 1.54) is 0 Å². The highest BCUT2D eigenvalue weighted by Gasteiger charge is 1.96. The van der Waals surface area contributed by atoms with Crippen molar-refractivity contribution in [1.82, 2.24) is 5.48 Å². The topological polar surface area (TPSA) is 44.6 Å². The largest absolute Gasteiger partial charge is 0.290 e. The molecule has 0 heterocycles. The number of benzene rings is 1. The van der Waals surface area contributed by atoms with Gasteiger partial charge in [0, 0.05) is 0 Å². The van der Waals surface area contributed by atoms with Crippen LogP contribution >= 0.6 is 11.6 Å². The van der Waals surface area contributed by atoms with E-state index in [0.717, 1.165) is 11.9 Å². The van der Waals surface area contributed by atoms with Crippen molar-refractivity contribution in [1.29, 1.82) is 0 Å². The van der Waals surface area contributed by atoms with Gasteiger partial charge in [0.25, 0.3) is 0 Å². The van der Waals surface area contributed by atoms with Gasteiger partial charge >= 0.3 is 0 Å². The van der Waals surface area contributed by atoms with Crippen molar-refractivity contribution >= 4 is 23.6 Å². The first kappa shape index (κ1) is 9.03. The van der Waals surface area contributed by atoms with E-state index in [0.29, 0.717) is 10.7 Å². The molecule has 0 aliphatic carbocycles. The Balaban J connectivity index is 2.94. The molecule has 4 heteroatoms. The number of hydrogen-bond donors (Lipinski definition) is 2. The zero-order chi connectivity index (χ0) is 8.97. The van der Waals surface area contributed by atoms with Gasteiger partial charge in [-0.25, -0.2) is 4.99 Å². The standard InChI is InChI=1S/C8H9ClN2O/c1-6-2-3-8(7(9)4-6)10-5-11-12/h2-5,12H,1H3,(H,10,11). The summed E-state index contributed by atoms with van der Waals surface area (Å²) in [5.41, 5.74) is 3.52. The van der Waals surface area contributed by atoms with Crippen LogP contribution in [0.1, 0.15) is 5.56 Å². The number of nitrogens with one attached hydrogen (secondary N) is 1. The second-order valence-corrected chi connectivity index (χ2v) is 2.75. The minimum Gasteiger partial charge on any atom is -0.290 e. The Morgan fingerprint density at radius 1 is 1.58 bits per heavy atom. The van der Waals surface area contributed by atoms with Crippen LogP contribution in [0.5, 0.6) is 0 Å². The molecule has 0 bridgehead atoms. The Hall–Kier alpha value is -1.06. The van der Waals surface area contributed by atoms with Crippen molar-refractivity contribution in [2.45, 2.75) is 6.92 Å². The second-order valence-electron chi connectivity index (χ2n) is 2.34. The molecule has 3 nitrogen and oxygen atoms in total. The van der Waals surface area contributed by atoms with Crippen LogP contribution in [0.2, 0.25) is 5.02 Å². The summed E-state index contributed by atoms with van der Waals surface area (Å²) in [6.45, 7) is 1.95. The van der Waals surface area contributed by atoms with E-state index in [4.69, 9.17) is 16.8 Å². The van der Waals surface area contributed by atoms with E-state index >= 15 is 0 Å². The molecule has 12 heavy (non-hydrogen) atoms. The van der Waals surface area contributed by atoms with Crippen molar-refractivity contribution in [3.05, 3.63) is 28.8 Å². The highest BCUT2D eigenvalue weighted by atomic mass is 35.5. The highest BCUT2D eigenvalue weighted by molar-refractivity contribution is 6.33. The molecule has 1 rings (SSSR count). The molecule has 0 spiro atoms. The average molecular weight is 185 g/mol. The molecule has 0 aromatic heterocycles. The summed E-state index contributed by atoms with van der Waals surface area (Å²) in [4.78, 5) is 3.85. The summed E-state index contributed by atoms with van der Waals surface area (Å²) >= 11 is 5.84. The van der Waals surface area contributed by atoms with Crippen LogP contribution < -0.4 is 5.48 Å². The number of rotatable bonds is 2. The van der Waals surface area contributed by atoms with E-state index in [9.17, 15) is 0 Å². The maximum atomic E-state index is 8.23. The van der Waals surface area contributed by atoms with Gasteiger partial charge in [0.2, 0.25) is 0 Å². The number of aryl methyl sites for hydroxylation is 1. The Bertz CT molecular complexity index is 299. The molecular weight excluding hydrogens is 176 g/mol. The molecule has 0 atom stereocenters.